The fraction of sp³-hybridized carbons (Fsp3) is 0.429. The Balaban J connectivity index is 1.32. The molecule has 1 aromatic carbocycles. The maximum Gasteiger partial charge on any atom is 0.319 e. The van der Waals surface area contributed by atoms with Crippen LogP contribution in [0.1, 0.15) is 6.42 Å². The third-order valence-electron chi connectivity index (χ3n) is 4.76. The molecule has 1 fully saturated rings. The number of benzene rings is 1. The van der Waals surface area contributed by atoms with E-state index in [0.717, 1.165) is 0 Å². The number of anilines is 2. The van der Waals surface area contributed by atoms with E-state index in [9.17, 15) is 9.59 Å². The minimum Gasteiger partial charge on any atom is -0.491 e. The summed E-state index contributed by atoms with van der Waals surface area (Å²) in [5.74, 6) is 1.40. The zero-order valence-corrected chi connectivity index (χ0v) is 17.6. The number of carbonyl (C=O) groups excluding carboxylic acids is 2. The summed E-state index contributed by atoms with van der Waals surface area (Å²) < 4.78 is 10.4. The summed E-state index contributed by atoms with van der Waals surface area (Å²) in [4.78, 5) is 36.8. The molecule has 0 bridgehead atoms. The second-order valence-corrected chi connectivity index (χ2v) is 6.91. The van der Waals surface area contributed by atoms with Gasteiger partial charge in [0.1, 0.15) is 12.4 Å². The highest BCUT2D eigenvalue weighted by Crippen LogP contribution is 2.15. The molecule has 2 heterocycles. The maximum atomic E-state index is 12.4. The summed E-state index contributed by atoms with van der Waals surface area (Å²) in [5.41, 5.74) is 0.641. The number of nitrogens with zero attached hydrogens (tertiary/aromatic N) is 4. The average Bonchev–Trinajstić information content (AvgIpc) is 2.81. The van der Waals surface area contributed by atoms with Gasteiger partial charge in [0, 0.05) is 64.3 Å². The van der Waals surface area contributed by atoms with Crippen LogP contribution < -0.4 is 20.3 Å². The SMILES string of the molecule is COCCOc1ccc(NC(=O)NCCC(=O)N2CCN(c3ncccn3)CC2)cc1. The zero-order chi connectivity index (χ0) is 21.9. The van der Waals surface area contributed by atoms with E-state index in [2.05, 4.69) is 25.5 Å². The van der Waals surface area contributed by atoms with Gasteiger partial charge in [-0.3, -0.25) is 4.79 Å². The van der Waals surface area contributed by atoms with Crippen LogP contribution in [0.25, 0.3) is 0 Å². The number of hydrogen-bond acceptors (Lipinski definition) is 7. The summed E-state index contributed by atoms with van der Waals surface area (Å²) in [5, 5.41) is 5.45. The molecule has 10 heteroatoms. The molecule has 0 spiro atoms. The zero-order valence-electron chi connectivity index (χ0n) is 17.6. The highest BCUT2D eigenvalue weighted by molar-refractivity contribution is 5.89. The van der Waals surface area contributed by atoms with E-state index >= 15 is 0 Å². The molecule has 1 aliphatic heterocycles. The van der Waals surface area contributed by atoms with Crippen LogP contribution in [-0.2, 0) is 9.53 Å². The summed E-state index contributed by atoms with van der Waals surface area (Å²) in [6.45, 7) is 3.85. The average molecular weight is 428 g/mol. The van der Waals surface area contributed by atoms with E-state index in [1.807, 2.05) is 0 Å². The molecule has 0 aliphatic carbocycles. The van der Waals surface area contributed by atoms with E-state index in [0.29, 0.717) is 56.8 Å². The van der Waals surface area contributed by atoms with Crippen LogP contribution >= 0.6 is 0 Å². The highest BCUT2D eigenvalue weighted by atomic mass is 16.5. The Hall–Kier alpha value is -3.40. The normalized spacial score (nSPS) is 13.6. The molecule has 0 saturated carbocycles. The second-order valence-electron chi connectivity index (χ2n) is 6.91. The maximum absolute atomic E-state index is 12.4. The molecular weight excluding hydrogens is 400 g/mol. The van der Waals surface area contributed by atoms with Gasteiger partial charge in [0.2, 0.25) is 11.9 Å². The van der Waals surface area contributed by atoms with Crippen molar-refractivity contribution in [2.24, 2.45) is 0 Å². The number of nitrogens with one attached hydrogen (secondary N) is 2. The lowest BCUT2D eigenvalue weighted by atomic mass is 10.3. The molecule has 1 saturated heterocycles. The van der Waals surface area contributed by atoms with Crippen LogP contribution in [0.3, 0.4) is 0 Å². The summed E-state index contributed by atoms with van der Waals surface area (Å²) >= 11 is 0. The first-order valence-corrected chi connectivity index (χ1v) is 10.2. The predicted molar refractivity (Wildman–Crippen MR) is 116 cm³/mol. The lowest BCUT2D eigenvalue weighted by molar-refractivity contribution is -0.131. The molecule has 2 N–H and O–H groups in total. The van der Waals surface area contributed by atoms with Crippen molar-refractivity contribution in [2.45, 2.75) is 6.42 Å². The van der Waals surface area contributed by atoms with Gasteiger partial charge in [-0.25, -0.2) is 14.8 Å². The van der Waals surface area contributed by atoms with E-state index < -0.39 is 0 Å². The number of hydrogen-bond donors (Lipinski definition) is 2. The van der Waals surface area contributed by atoms with Gasteiger partial charge in [0.15, 0.2) is 0 Å². The van der Waals surface area contributed by atoms with Gasteiger partial charge in [0.05, 0.1) is 6.61 Å². The molecule has 31 heavy (non-hydrogen) atoms. The van der Waals surface area contributed by atoms with Crippen molar-refractivity contribution in [3.05, 3.63) is 42.7 Å². The highest BCUT2D eigenvalue weighted by Gasteiger charge is 2.22. The first kappa shape index (κ1) is 22.3. The molecule has 2 aromatic rings. The van der Waals surface area contributed by atoms with Gasteiger partial charge in [-0.2, -0.15) is 0 Å². The molecule has 0 atom stereocenters. The van der Waals surface area contributed by atoms with Crippen molar-refractivity contribution in [3.63, 3.8) is 0 Å². The van der Waals surface area contributed by atoms with Gasteiger partial charge in [0.25, 0.3) is 0 Å². The Labute approximate surface area is 181 Å². The fourth-order valence-corrected chi connectivity index (χ4v) is 3.10. The van der Waals surface area contributed by atoms with Gasteiger partial charge in [-0.15, -0.1) is 0 Å². The lowest BCUT2D eigenvalue weighted by Crippen LogP contribution is -2.49. The molecule has 0 radical (unpaired) electrons. The van der Waals surface area contributed by atoms with Crippen LogP contribution in [0, 0.1) is 0 Å². The van der Waals surface area contributed by atoms with Crippen molar-refractivity contribution >= 4 is 23.6 Å². The Morgan fingerprint density at radius 1 is 1.03 bits per heavy atom. The summed E-state index contributed by atoms with van der Waals surface area (Å²) in [6.07, 6.45) is 3.67. The quantitative estimate of drug-likeness (QED) is 0.581. The van der Waals surface area contributed by atoms with Crippen LogP contribution in [0.5, 0.6) is 5.75 Å². The van der Waals surface area contributed by atoms with Gasteiger partial charge in [-0.1, -0.05) is 0 Å². The van der Waals surface area contributed by atoms with Crippen LogP contribution in [0.15, 0.2) is 42.7 Å². The summed E-state index contributed by atoms with van der Waals surface area (Å²) in [6, 6.07) is 8.47. The number of rotatable bonds is 9. The number of ether oxygens (including phenoxy) is 2. The largest absolute Gasteiger partial charge is 0.491 e. The number of piperazine rings is 1. The molecule has 1 aliphatic rings. The molecule has 10 nitrogen and oxygen atoms in total. The van der Waals surface area contributed by atoms with Crippen molar-refractivity contribution in [1.29, 1.82) is 0 Å². The monoisotopic (exact) mass is 428 g/mol. The van der Waals surface area contributed by atoms with Crippen LogP contribution in [-0.4, -0.2) is 79.9 Å². The van der Waals surface area contributed by atoms with Crippen LogP contribution in [0.2, 0.25) is 0 Å². The van der Waals surface area contributed by atoms with Crippen LogP contribution in [0.4, 0.5) is 16.4 Å². The standard InChI is InChI=1S/C21H28N6O4/c1-30-15-16-31-18-5-3-17(4-6-18)25-21(29)24-10-7-19(28)26-11-13-27(14-12-26)20-22-8-2-9-23-20/h2-6,8-9H,7,10-16H2,1H3,(H2,24,25,29). The first-order valence-electron chi connectivity index (χ1n) is 10.2. The molecule has 3 rings (SSSR count). The Morgan fingerprint density at radius 2 is 1.74 bits per heavy atom. The topological polar surface area (TPSA) is 109 Å². The molecule has 166 valence electrons. The molecule has 0 unspecified atom stereocenters. The van der Waals surface area contributed by atoms with E-state index in [4.69, 9.17) is 9.47 Å². The lowest BCUT2D eigenvalue weighted by Gasteiger charge is -2.34. The van der Waals surface area contributed by atoms with Gasteiger partial charge < -0.3 is 29.9 Å². The first-order chi connectivity index (χ1) is 15.2. The van der Waals surface area contributed by atoms with Crippen molar-refractivity contribution < 1.29 is 19.1 Å². The van der Waals surface area contributed by atoms with Crippen molar-refractivity contribution in [1.82, 2.24) is 20.2 Å². The number of carbonyl (C=O) groups is 2. The minimum absolute atomic E-state index is 0.0199. The minimum atomic E-state index is -0.355. The van der Waals surface area contributed by atoms with Gasteiger partial charge in [-0.05, 0) is 30.3 Å². The number of methoxy groups -OCH3 is 1. The predicted octanol–water partition coefficient (Wildman–Crippen LogP) is 1.36. The fourth-order valence-electron chi connectivity index (χ4n) is 3.10. The molecule has 1 aromatic heterocycles. The Kier molecular flexibility index (Phi) is 8.41. The third-order valence-corrected chi connectivity index (χ3v) is 4.76. The number of amides is 3. The Bertz CT molecular complexity index is 826. The third kappa shape index (κ3) is 7.10. The van der Waals surface area contributed by atoms with Gasteiger partial charge >= 0.3 is 6.03 Å². The van der Waals surface area contributed by atoms with E-state index in [-0.39, 0.29) is 24.9 Å². The number of aromatic nitrogens is 2. The molecule has 3 amide bonds. The van der Waals surface area contributed by atoms with E-state index in [1.165, 1.54) is 0 Å². The Morgan fingerprint density at radius 3 is 2.42 bits per heavy atom. The number of urea groups is 1. The smallest absolute Gasteiger partial charge is 0.319 e. The van der Waals surface area contributed by atoms with E-state index in [1.54, 1.807) is 54.7 Å². The summed E-state index contributed by atoms with van der Waals surface area (Å²) in [7, 11) is 1.62. The van der Waals surface area contributed by atoms with Crippen molar-refractivity contribution in [3.8, 4) is 5.75 Å². The second kappa shape index (κ2) is 11.7. The van der Waals surface area contributed by atoms with Crippen molar-refractivity contribution in [2.75, 3.05) is 63.3 Å². The molecular formula is C21H28N6O4.